The zero-order chi connectivity index (χ0) is 48.5. The molecule has 0 saturated carbocycles. The second-order valence-corrected chi connectivity index (χ2v) is 23.2. The number of fused-ring (bicyclic) bond motifs is 6. The van der Waals surface area contributed by atoms with Gasteiger partial charge < -0.3 is 15.3 Å². The molecule has 0 aromatic heterocycles. The Morgan fingerprint density at radius 3 is 0.836 bits per heavy atom. The summed E-state index contributed by atoms with van der Waals surface area (Å²) in [6.07, 6.45) is 2.04. The lowest BCUT2D eigenvalue weighted by Crippen LogP contribution is -2.28. The Morgan fingerprint density at radius 1 is 0.343 bits per heavy atom. The minimum Gasteiger partial charge on any atom is -0.396 e. The van der Waals surface area contributed by atoms with Gasteiger partial charge in [-0.1, -0.05) is 242 Å². The van der Waals surface area contributed by atoms with Gasteiger partial charge in [0.25, 0.3) is 0 Å². The molecule has 0 bridgehead atoms. The van der Waals surface area contributed by atoms with E-state index in [9.17, 15) is 10.2 Å². The molecule has 2 aliphatic rings. The average molecular weight is 889 g/mol. The van der Waals surface area contributed by atoms with Gasteiger partial charge in [-0.25, -0.2) is 0 Å². The number of unbranched alkanes of at least 4 members (excludes halogenated alkanes) is 1. The molecule has 0 aliphatic heterocycles. The Bertz CT molecular complexity index is 2630. The van der Waals surface area contributed by atoms with E-state index >= 15 is 0 Å². The second-order valence-electron chi connectivity index (χ2n) is 23.2. The molecule has 0 fully saturated rings. The van der Waals surface area contributed by atoms with Crippen LogP contribution in [-0.2, 0) is 32.9 Å². The zero-order valence-electron chi connectivity index (χ0n) is 42.3. The van der Waals surface area contributed by atoms with Gasteiger partial charge in [0.1, 0.15) is 11.2 Å². The summed E-state index contributed by atoms with van der Waals surface area (Å²) < 4.78 is 0. The Kier molecular flexibility index (Phi) is 12.3. The van der Waals surface area contributed by atoms with Crippen LogP contribution < -0.4 is 0 Å². The van der Waals surface area contributed by atoms with Gasteiger partial charge >= 0.3 is 0 Å². The molecule has 0 radical (unpaired) electrons. The van der Waals surface area contributed by atoms with Gasteiger partial charge in [0.05, 0.1) is 0 Å². The second kappa shape index (κ2) is 17.2. The van der Waals surface area contributed by atoms with Crippen molar-refractivity contribution in [3.05, 3.63) is 201 Å². The molecule has 9 rings (SSSR count). The zero-order valence-corrected chi connectivity index (χ0v) is 42.3. The summed E-state index contributed by atoms with van der Waals surface area (Å²) in [5.41, 5.74) is 15.4. The maximum atomic E-state index is 13.6. The minimum absolute atomic E-state index is 0.0908. The van der Waals surface area contributed by atoms with Crippen molar-refractivity contribution in [3.63, 3.8) is 0 Å². The van der Waals surface area contributed by atoms with Crippen LogP contribution in [0.15, 0.2) is 146 Å². The van der Waals surface area contributed by atoms with Gasteiger partial charge in [-0.3, -0.25) is 0 Å². The molecular weight excluding hydrogens is 817 g/mol. The van der Waals surface area contributed by atoms with E-state index in [0.29, 0.717) is 6.61 Å². The van der Waals surface area contributed by atoms with E-state index in [-0.39, 0.29) is 21.7 Å². The largest absolute Gasteiger partial charge is 0.396 e. The first-order valence-corrected chi connectivity index (χ1v) is 24.4. The maximum Gasteiger partial charge on any atom is 0.142 e. The molecular formula is C64H72O3. The van der Waals surface area contributed by atoms with E-state index in [1.807, 2.05) is 0 Å². The molecule has 7 aromatic carbocycles. The smallest absolute Gasteiger partial charge is 0.142 e. The number of benzene rings is 7. The molecule has 2 aliphatic carbocycles. The molecule has 0 spiro atoms. The molecule has 0 heterocycles. The van der Waals surface area contributed by atoms with Crippen LogP contribution in [0.2, 0.25) is 0 Å². The van der Waals surface area contributed by atoms with Gasteiger partial charge in [-0.05, 0) is 94.8 Å². The van der Waals surface area contributed by atoms with Gasteiger partial charge in [0, 0.05) is 40.0 Å². The molecule has 3 nitrogen and oxygen atoms in total. The molecule has 0 atom stereocenters. The number of hydrogen-bond donors (Lipinski definition) is 3. The highest BCUT2D eigenvalue weighted by molar-refractivity contribution is 5.88. The summed E-state index contributed by atoms with van der Waals surface area (Å²) in [5, 5.41) is 35.2. The quantitative estimate of drug-likeness (QED) is 0.156. The number of aliphatic hydroxyl groups excluding tert-OH is 1. The monoisotopic (exact) mass is 889 g/mol. The van der Waals surface area contributed by atoms with Crippen LogP contribution in [0, 0.1) is 0 Å². The fourth-order valence-corrected chi connectivity index (χ4v) is 10.1. The minimum atomic E-state index is -1.38. The number of rotatable bonds is 6. The summed E-state index contributed by atoms with van der Waals surface area (Å²) in [4.78, 5) is 0. The van der Waals surface area contributed by atoms with Crippen molar-refractivity contribution < 1.29 is 15.3 Å². The van der Waals surface area contributed by atoms with Crippen LogP contribution in [0.25, 0.3) is 44.5 Å². The van der Waals surface area contributed by atoms with E-state index in [1.54, 1.807) is 0 Å². The van der Waals surface area contributed by atoms with Crippen LogP contribution in [-0.4, -0.2) is 21.9 Å². The number of aliphatic hydroxyl groups is 3. The van der Waals surface area contributed by atoms with Gasteiger partial charge in [-0.2, -0.15) is 0 Å². The molecule has 3 N–H and O–H groups in total. The van der Waals surface area contributed by atoms with Crippen molar-refractivity contribution in [1.82, 2.24) is 0 Å². The lowest BCUT2D eigenvalue weighted by Gasteiger charge is -2.32. The average Bonchev–Trinajstić information content (AvgIpc) is 3.70. The van der Waals surface area contributed by atoms with E-state index in [2.05, 4.69) is 236 Å². The Labute approximate surface area is 401 Å². The van der Waals surface area contributed by atoms with Crippen molar-refractivity contribution >= 4 is 0 Å². The van der Waals surface area contributed by atoms with Crippen LogP contribution in [0.3, 0.4) is 0 Å². The lowest BCUT2D eigenvalue weighted by molar-refractivity contribution is 0.130. The van der Waals surface area contributed by atoms with Crippen molar-refractivity contribution in [1.29, 1.82) is 0 Å². The normalized spacial score (nSPS) is 14.7. The standard InChI is InChI=1S/C60H62O2.C4H10O/c1-55(2,3)39-25-29-45-46-30-26-40(56(4,5)6)34-52(46)59(61,51(45)33-39)49-19-15-13-17-43(49)37-21-23-38(24-22-37)44-18-14-16-20-50(44)60(62)53-35-41(57(7,8)9)27-31-47(53)48-32-28-42(36-54(48)60)58(10,11)12;1-2-3-4-5/h13-36,61-62H,1-12H3;5H,2-4H2,1H3. The first kappa shape index (κ1) is 47.9. The SMILES string of the molecule is CC(C)(C)c1ccc2c(c1)C(O)(c1ccccc1-c1ccc(-c3ccccc3C3(O)c4cc(C(C)(C)C)ccc4-c4ccc(C(C)(C)C)cc43)cc1)c1cc(C(C)(C)C)ccc1-2.CCCCO. The highest BCUT2D eigenvalue weighted by atomic mass is 16.3. The molecule has 0 saturated heterocycles. The summed E-state index contributed by atoms with van der Waals surface area (Å²) >= 11 is 0. The summed E-state index contributed by atoms with van der Waals surface area (Å²) in [6.45, 7) is 29.2. The fraction of sp³-hybridized carbons (Fsp3) is 0.344. The van der Waals surface area contributed by atoms with Crippen molar-refractivity contribution in [2.45, 2.75) is 136 Å². The maximum absolute atomic E-state index is 13.6. The van der Waals surface area contributed by atoms with Crippen molar-refractivity contribution in [3.8, 4) is 44.5 Å². The topological polar surface area (TPSA) is 60.7 Å². The molecule has 0 unspecified atom stereocenters. The molecule has 346 valence electrons. The number of hydrogen-bond acceptors (Lipinski definition) is 3. The molecule has 3 heteroatoms. The summed E-state index contributed by atoms with van der Waals surface area (Å²) in [5.74, 6) is 0. The van der Waals surface area contributed by atoms with Gasteiger partial charge in [0.2, 0.25) is 0 Å². The van der Waals surface area contributed by atoms with E-state index in [0.717, 1.165) is 90.7 Å². The molecule has 0 amide bonds. The van der Waals surface area contributed by atoms with Crippen molar-refractivity contribution in [2.24, 2.45) is 0 Å². The third-order valence-corrected chi connectivity index (χ3v) is 14.3. The highest BCUT2D eigenvalue weighted by Crippen LogP contribution is 2.56. The van der Waals surface area contributed by atoms with Crippen molar-refractivity contribution in [2.75, 3.05) is 6.61 Å². The van der Waals surface area contributed by atoms with Gasteiger partial charge in [-0.15, -0.1) is 0 Å². The van der Waals surface area contributed by atoms with E-state index in [1.165, 1.54) is 22.3 Å². The predicted molar refractivity (Wildman–Crippen MR) is 282 cm³/mol. The first-order chi connectivity index (χ1) is 31.4. The lowest BCUT2D eigenvalue weighted by atomic mass is 9.76. The van der Waals surface area contributed by atoms with Gasteiger partial charge in [0.15, 0.2) is 0 Å². The third-order valence-electron chi connectivity index (χ3n) is 14.3. The van der Waals surface area contributed by atoms with Crippen LogP contribution in [0.4, 0.5) is 0 Å². The fourth-order valence-electron chi connectivity index (χ4n) is 10.1. The Hall–Kier alpha value is -5.58. The predicted octanol–water partition coefficient (Wildman–Crippen LogP) is 15.5. The highest BCUT2D eigenvalue weighted by Gasteiger charge is 2.47. The summed E-state index contributed by atoms with van der Waals surface area (Å²) in [6, 6.07) is 52.1. The van der Waals surface area contributed by atoms with Crippen LogP contribution in [0.5, 0.6) is 0 Å². The Balaban J connectivity index is 0.00000116. The first-order valence-electron chi connectivity index (χ1n) is 24.4. The van der Waals surface area contributed by atoms with Crippen LogP contribution in [0.1, 0.15) is 158 Å². The van der Waals surface area contributed by atoms with E-state index in [4.69, 9.17) is 5.11 Å². The molecule has 67 heavy (non-hydrogen) atoms. The summed E-state index contributed by atoms with van der Waals surface area (Å²) in [7, 11) is 0. The molecule has 7 aromatic rings. The van der Waals surface area contributed by atoms with E-state index < -0.39 is 11.2 Å². The Morgan fingerprint density at radius 2 is 0.612 bits per heavy atom. The third kappa shape index (κ3) is 8.43. The van der Waals surface area contributed by atoms with Crippen LogP contribution >= 0.6 is 0 Å².